The Morgan fingerprint density at radius 3 is 2.30 bits per heavy atom. The van der Waals surface area contributed by atoms with Crippen molar-refractivity contribution in [1.82, 2.24) is 10.6 Å². The minimum Gasteiger partial charge on any atom is -0.462 e. The number of carbonyl (C=O) groups is 3. The molecule has 1 atom stereocenters. The zero-order valence-electron chi connectivity index (χ0n) is 17.1. The first-order valence-corrected chi connectivity index (χ1v) is 9.67. The molecule has 1 heterocycles. The highest BCUT2D eigenvalue weighted by molar-refractivity contribution is 5.95. The van der Waals surface area contributed by atoms with Gasteiger partial charge in [0, 0.05) is 5.70 Å². The van der Waals surface area contributed by atoms with E-state index >= 15 is 0 Å². The van der Waals surface area contributed by atoms with Crippen LogP contribution >= 0.6 is 0 Å². The van der Waals surface area contributed by atoms with Crippen LogP contribution in [0.25, 0.3) is 0 Å². The number of carbonyl (C=O) groups excluding carboxylic acids is 3. The summed E-state index contributed by atoms with van der Waals surface area (Å²) in [5.41, 5.74) is 1.89. The molecule has 30 heavy (non-hydrogen) atoms. The third kappa shape index (κ3) is 5.05. The quantitative estimate of drug-likeness (QED) is 0.561. The molecule has 1 aliphatic rings. The standard InChI is InChI=1S/C23H24N2O5/c1-14(2)13-29-22(27)19-15(3)24-23(28)25-20(19)16-9-11-18(12-10-16)30-21(26)17-7-5-4-6-8-17/h4-12,14,20H,13H2,1-3H3,(H2,24,25,28). The van der Waals surface area contributed by atoms with Gasteiger partial charge in [0.2, 0.25) is 0 Å². The Kier molecular flexibility index (Phi) is 6.51. The van der Waals surface area contributed by atoms with E-state index in [-0.39, 0.29) is 12.5 Å². The molecule has 3 rings (SSSR count). The van der Waals surface area contributed by atoms with E-state index in [1.165, 1.54) is 0 Å². The highest BCUT2D eigenvalue weighted by Crippen LogP contribution is 2.29. The van der Waals surface area contributed by atoms with Gasteiger partial charge < -0.3 is 20.1 Å². The highest BCUT2D eigenvalue weighted by Gasteiger charge is 2.32. The van der Waals surface area contributed by atoms with Crippen molar-refractivity contribution in [3.05, 3.63) is 77.0 Å². The van der Waals surface area contributed by atoms with Crippen molar-refractivity contribution in [3.63, 3.8) is 0 Å². The normalized spacial score (nSPS) is 16.0. The monoisotopic (exact) mass is 408 g/mol. The van der Waals surface area contributed by atoms with Gasteiger partial charge in [0.15, 0.2) is 0 Å². The number of urea groups is 1. The Morgan fingerprint density at radius 1 is 1.00 bits per heavy atom. The molecule has 2 N–H and O–H groups in total. The molecule has 0 spiro atoms. The molecular formula is C23H24N2O5. The first-order chi connectivity index (χ1) is 14.3. The number of amides is 2. The molecule has 2 aromatic carbocycles. The Morgan fingerprint density at radius 2 is 1.67 bits per heavy atom. The molecule has 0 aromatic heterocycles. The summed E-state index contributed by atoms with van der Waals surface area (Å²) >= 11 is 0. The van der Waals surface area contributed by atoms with Crippen LogP contribution in [0.1, 0.15) is 42.7 Å². The first kappa shape index (κ1) is 21.1. The van der Waals surface area contributed by atoms with E-state index in [1.54, 1.807) is 55.5 Å². The van der Waals surface area contributed by atoms with E-state index in [0.717, 1.165) is 0 Å². The van der Waals surface area contributed by atoms with Crippen molar-refractivity contribution in [3.8, 4) is 5.75 Å². The summed E-state index contributed by atoms with van der Waals surface area (Å²) in [6.45, 7) is 5.84. The number of rotatable bonds is 6. The number of ether oxygens (including phenoxy) is 2. The molecule has 0 radical (unpaired) electrons. The van der Waals surface area contributed by atoms with Gasteiger partial charge in [-0.25, -0.2) is 14.4 Å². The third-order valence-corrected chi connectivity index (χ3v) is 4.47. The molecular weight excluding hydrogens is 384 g/mol. The van der Waals surface area contributed by atoms with E-state index in [2.05, 4.69) is 10.6 Å². The lowest BCUT2D eigenvalue weighted by molar-refractivity contribution is -0.140. The average Bonchev–Trinajstić information content (AvgIpc) is 2.72. The molecule has 2 amide bonds. The molecule has 0 saturated carbocycles. The molecule has 156 valence electrons. The van der Waals surface area contributed by atoms with E-state index < -0.39 is 24.0 Å². The number of hydrogen-bond acceptors (Lipinski definition) is 5. The van der Waals surface area contributed by atoms with Crippen molar-refractivity contribution in [2.45, 2.75) is 26.8 Å². The Hall–Kier alpha value is -3.61. The minimum atomic E-state index is -0.669. The van der Waals surface area contributed by atoms with Crippen LogP contribution in [0, 0.1) is 5.92 Å². The summed E-state index contributed by atoms with van der Waals surface area (Å²) in [5.74, 6) is -0.402. The summed E-state index contributed by atoms with van der Waals surface area (Å²) in [7, 11) is 0. The van der Waals surface area contributed by atoms with Gasteiger partial charge in [0.1, 0.15) is 5.75 Å². The number of benzene rings is 2. The summed E-state index contributed by atoms with van der Waals surface area (Å²) < 4.78 is 10.8. The van der Waals surface area contributed by atoms with Crippen LogP contribution in [0.4, 0.5) is 4.79 Å². The van der Waals surface area contributed by atoms with Crippen LogP contribution in [0.15, 0.2) is 65.9 Å². The van der Waals surface area contributed by atoms with Gasteiger partial charge in [-0.15, -0.1) is 0 Å². The summed E-state index contributed by atoms with van der Waals surface area (Å²) in [6.07, 6.45) is 0. The maximum atomic E-state index is 12.6. The number of esters is 2. The maximum Gasteiger partial charge on any atom is 0.343 e. The van der Waals surface area contributed by atoms with Crippen molar-refractivity contribution >= 4 is 18.0 Å². The predicted molar refractivity (Wildman–Crippen MR) is 111 cm³/mol. The Labute approximate surface area is 175 Å². The molecule has 1 unspecified atom stereocenters. The van der Waals surface area contributed by atoms with Crippen LogP contribution < -0.4 is 15.4 Å². The van der Waals surface area contributed by atoms with E-state index in [9.17, 15) is 14.4 Å². The number of nitrogens with one attached hydrogen (secondary N) is 2. The highest BCUT2D eigenvalue weighted by atomic mass is 16.5. The molecule has 0 fully saturated rings. The molecule has 0 saturated heterocycles. The SMILES string of the molecule is CC1=C(C(=O)OCC(C)C)C(c2ccc(OC(=O)c3ccccc3)cc2)NC(=O)N1. The van der Waals surface area contributed by atoms with Gasteiger partial charge in [-0.2, -0.15) is 0 Å². The second-order valence-corrected chi connectivity index (χ2v) is 7.39. The smallest absolute Gasteiger partial charge is 0.343 e. The van der Waals surface area contributed by atoms with Crippen molar-refractivity contribution in [2.75, 3.05) is 6.61 Å². The van der Waals surface area contributed by atoms with Crippen LogP contribution in [-0.2, 0) is 9.53 Å². The Balaban J connectivity index is 1.79. The zero-order chi connectivity index (χ0) is 21.7. The van der Waals surface area contributed by atoms with Crippen LogP contribution in [0.5, 0.6) is 5.75 Å². The van der Waals surface area contributed by atoms with Crippen molar-refractivity contribution in [1.29, 1.82) is 0 Å². The third-order valence-electron chi connectivity index (χ3n) is 4.47. The minimum absolute atomic E-state index is 0.193. The van der Waals surface area contributed by atoms with Crippen molar-refractivity contribution in [2.24, 2.45) is 5.92 Å². The first-order valence-electron chi connectivity index (χ1n) is 9.67. The fourth-order valence-corrected chi connectivity index (χ4v) is 3.00. The molecule has 0 aliphatic carbocycles. The zero-order valence-corrected chi connectivity index (χ0v) is 17.1. The molecule has 0 bridgehead atoms. The average molecular weight is 408 g/mol. The summed E-state index contributed by atoms with van der Waals surface area (Å²) in [5, 5.41) is 5.36. The maximum absolute atomic E-state index is 12.6. The largest absolute Gasteiger partial charge is 0.462 e. The molecule has 7 nitrogen and oxygen atoms in total. The lowest BCUT2D eigenvalue weighted by Gasteiger charge is -2.28. The lowest BCUT2D eigenvalue weighted by atomic mass is 9.95. The van der Waals surface area contributed by atoms with Crippen LogP contribution in [0.3, 0.4) is 0 Å². The number of hydrogen-bond donors (Lipinski definition) is 2. The number of allylic oxidation sites excluding steroid dienone is 1. The van der Waals surface area contributed by atoms with Gasteiger partial charge in [-0.3, -0.25) is 0 Å². The van der Waals surface area contributed by atoms with Gasteiger partial charge in [0.05, 0.1) is 23.8 Å². The second kappa shape index (κ2) is 9.26. The van der Waals surface area contributed by atoms with Gasteiger partial charge in [-0.05, 0) is 42.7 Å². The fraction of sp³-hybridized carbons (Fsp3) is 0.261. The topological polar surface area (TPSA) is 93.7 Å². The van der Waals surface area contributed by atoms with Gasteiger partial charge in [-0.1, -0.05) is 44.2 Å². The lowest BCUT2D eigenvalue weighted by Crippen LogP contribution is -2.45. The summed E-state index contributed by atoms with van der Waals surface area (Å²) in [6, 6.07) is 14.2. The molecule has 7 heteroatoms. The second-order valence-electron chi connectivity index (χ2n) is 7.39. The van der Waals surface area contributed by atoms with E-state index in [1.807, 2.05) is 19.9 Å². The molecule has 1 aliphatic heterocycles. The fourth-order valence-electron chi connectivity index (χ4n) is 3.00. The predicted octanol–water partition coefficient (Wildman–Crippen LogP) is 3.73. The van der Waals surface area contributed by atoms with Gasteiger partial charge >= 0.3 is 18.0 Å². The molecule has 2 aromatic rings. The van der Waals surface area contributed by atoms with Gasteiger partial charge in [0.25, 0.3) is 0 Å². The van der Waals surface area contributed by atoms with E-state index in [4.69, 9.17) is 9.47 Å². The van der Waals surface area contributed by atoms with E-state index in [0.29, 0.717) is 28.1 Å². The van der Waals surface area contributed by atoms with Crippen LogP contribution in [0.2, 0.25) is 0 Å². The van der Waals surface area contributed by atoms with Crippen molar-refractivity contribution < 1.29 is 23.9 Å². The summed E-state index contributed by atoms with van der Waals surface area (Å²) in [4.78, 5) is 36.8. The van der Waals surface area contributed by atoms with Crippen LogP contribution in [-0.4, -0.2) is 24.6 Å². The Bertz CT molecular complexity index is 965.